The van der Waals surface area contributed by atoms with Gasteiger partial charge in [0.1, 0.15) is 17.7 Å². The van der Waals surface area contributed by atoms with Gasteiger partial charge < -0.3 is 15.0 Å². The molecule has 7 heteroatoms. The summed E-state index contributed by atoms with van der Waals surface area (Å²) in [5.41, 5.74) is 6.50. The van der Waals surface area contributed by atoms with E-state index in [0.29, 0.717) is 6.42 Å². The zero-order chi connectivity index (χ0) is 21.7. The number of rotatable bonds is 3. The van der Waals surface area contributed by atoms with Crippen molar-refractivity contribution >= 4 is 34.1 Å². The third kappa shape index (κ3) is 3.13. The van der Waals surface area contributed by atoms with E-state index in [2.05, 4.69) is 20.3 Å². The first-order chi connectivity index (χ1) is 15.7. The summed E-state index contributed by atoms with van der Waals surface area (Å²) in [6.45, 7) is 2.79. The predicted molar refractivity (Wildman–Crippen MR) is 123 cm³/mol. The van der Waals surface area contributed by atoms with E-state index >= 15 is 0 Å². The zero-order valence-corrected chi connectivity index (χ0v) is 17.6. The van der Waals surface area contributed by atoms with Crippen molar-refractivity contribution in [2.75, 3.05) is 16.8 Å². The number of aromatic nitrogens is 3. The van der Waals surface area contributed by atoms with Crippen LogP contribution in [0.3, 0.4) is 0 Å². The molecule has 5 heterocycles. The van der Waals surface area contributed by atoms with Crippen LogP contribution in [0.1, 0.15) is 31.4 Å². The van der Waals surface area contributed by atoms with E-state index in [0.717, 1.165) is 63.6 Å². The highest BCUT2D eigenvalue weighted by molar-refractivity contribution is 5.96. The maximum Gasteiger partial charge on any atom is 0.227 e. The number of nitrogens with zero attached hydrogens (tertiary/aromatic N) is 4. The first kappa shape index (κ1) is 18.7. The van der Waals surface area contributed by atoms with Gasteiger partial charge in [-0.3, -0.25) is 14.8 Å². The van der Waals surface area contributed by atoms with Crippen LogP contribution in [-0.4, -0.2) is 27.4 Å². The molecule has 0 aliphatic carbocycles. The fourth-order valence-electron chi connectivity index (χ4n) is 4.44. The van der Waals surface area contributed by atoms with Gasteiger partial charge in [-0.25, -0.2) is 4.98 Å². The lowest BCUT2D eigenvalue weighted by atomic mass is 9.94. The monoisotopic (exact) mass is 423 g/mol. The van der Waals surface area contributed by atoms with Crippen molar-refractivity contribution in [2.24, 2.45) is 0 Å². The zero-order valence-electron chi connectivity index (χ0n) is 17.6. The minimum absolute atomic E-state index is 0.137. The van der Waals surface area contributed by atoms with Crippen molar-refractivity contribution in [2.45, 2.75) is 25.9 Å². The third-order valence-corrected chi connectivity index (χ3v) is 6.04. The van der Waals surface area contributed by atoms with Gasteiger partial charge in [-0.15, -0.1) is 0 Å². The van der Waals surface area contributed by atoms with E-state index < -0.39 is 0 Å². The Labute approximate surface area is 185 Å². The second kappa shape index (κ2) is 7.30. The summed E-state index contributed by atoms with van der Waals surface area (Å²) in [5.74, 6) is 1.68. The summed E-state index contributed by atoms with van der Waals surface area (Å²) >= 11 is 0. The minimum Gasteiger partial charge on any atom is -0.485 e. The Hall–Kier alpha value is -4.00. The second-order valence-electron chi connectivity index (χ2n) is 8.14. The maximum atomic E-state index is 12.1. The molecule has 1 fully saturated rings. The van der Waals surface area contributed by atoms with Gasteiger partial charge in [0.2, 0.25) is 5.91 Å². The summed E-state index contributed by atoms with van der Waals surface area (Å²) in [6, 6.07) is 13.8. The lowest BCUT2D eigenvalue weighted by molar-refractivity contribution is -0.117. The van der Waals surface area contributed by atoms with Crippen molar-refractivity contribution < 1.29 is 9.53 Å². The number of amides is 1. The van der Waals surface area contributed by atoms with Crippen molar-refractivity contribution in [1.82, 2.24) is 15.0 Å². The Bertz CT molecular complexity index is 1370. The molecule has 1 amide bonds. The lowest BCUT2D eigenvalue weighted by Gasteiger charge is -2.28. The Kier molecular flexibility index (Phi) is 4.28. The average molecular weight is 423 g/mol. The Balaban J connectivity index is 1.32. The normalized spacial score (nSPS) is 17.1. The smallest absolute Gasteiger partial charge is 0.227 e. The summed E-state index contributed by atoms with van der Waals surface area (Å²) < 4.78 is 6.24. The summed E-state index contributed by atoms with van der Waals surface area (Å²) in [6.07, 6.45) is 6.79. The van der Waals surface area contributed by atoms with E-state index in [1.54, 1.807) is 12.4 Å². The molecule has 1 aromatic carbocycles. The van der Waals surface area contributed by atoms with Crippen LogP contribution in [0, 0.1) is 0 Å². The first-order valence-corrected chi connectivity index (χ1v) is 10.7. The fourth-order valence-corrected chi connectivity index (χ4v) is 4.44. The van der Waals surface area contributed by atoms with Crippen LogP contribution in [0.5, 0.6) is 5.75 Å². The average Bonchev–Trinajstić information content (AvgIpc) is 3.25. The second-order valence-corrected chi connectivity index (χ2v) is 8.14. The predicted octanol–water partition coefficient (Wildman–Crippen LogP) is 5.02. The van der Waals surface area contributed by atoms with Gasteiger partial charge in [0, 0.05) is 53.8 Å². The molecule has 3 aromatic heterocycles. The quantitative estimate of drug-likeness (QED) is 0.499. The fraction of sp³-hybridized carbons (Fsp3) is 0.200. The largest absolute Gasteiger partial charge is 0.485 e. The molecule has 7 nitrogen and oxygen atoms in total. The van der Waals surface area contributed by atoms with E-state index in [4.69, 9.17) is 4.74 Å². The van der Waals surface area contributed by atoms with Gasteiger partial charge in [0.05, 0.1) is 22.9 Å². The SMILES string of the molecule is CC1Oc2cc(N3CCCC3=O)ccc2-c2cnc(Nc3cnc4cccnc4c3)cc21. The van der Waals surface area contributed by atoms with E-state index in [1.807, 2.05) is 60.5 Å². The Morgan fingerprint density at radius 1 is 1.03 bits per heavy atom. The topological polar surface area (TPSA) is 80.2 Å². The van der Waals surface area contributed by atoms with Crippen molar-refractivity contribution in [3.05, 3.63) is 66.6 Å². The molecule has 158 valence electrons. The van der Waals surface area contributed by atoms with Crippen molar-refractivity contribution in [3.8, 4) is 16.9 Å². The number of pyridine rings is 3. The number of hydrogen-bond donors (Lipinski definition) is 1. The van der Waals surface area contributed by atoms with E-state index in [9.17, 15) is 4.79 Å². The van der Waals surface area contributed by atoms with Crippen molar-refractivity contribution in [1.29, 1.82) is 0 Å². The minimum atomic E-state index is -0.137. The molecule has 1 unspecified atom stereocenters. The van der Waals surface area contributed by atoms with E-state index in [-0.39, 0.29) is 12.0 Å². The van der Waals surface area contributed by atoms with Crippen LogP contribution in [0.2, 0.25) is 0 Å². The molecule has 2 aliphatic rings. The van der Waals surface area contributed by atoms with Crippen LogP contribution >= 0.6 is 0 Å². The number of carbonyl (C=O) groups excluding carboxylic acids is 1. The van der Waals surface area contributed by atoms with Crippen LogP contribution in [-0.2, 0) is 4.79 Å². The van der Waals surface area contributed by atoms with Crippen LogP contribution in [0.4, 0.5) is 17.2 Å². The molecule has 1 N–H and O–H groups in total. The highest BCUT2D eigenvalue weighted by Crippen LogP contribution is 2.44. The first-order valence-electron chi connectivity index (χ1n) is 10.7. The van der Waals surface area contributed by atoms with Gasteiger partial charge in [0.15, 0.2) is 0 Å². The van der Waals surface area contributed by atoms with Crippen LogP contribution in [0.15, 0.2) is 61.1 Å². The van der Waals surface area contributed by atoms with Gasteiger partial charge in [0.25, 0.3) is 0 Å². The maximum absolute atomic E-state index is 12.1. The number of hydrogen-bond acceptors (Lipinski definition) is 6. The third-order valence-electron chi connectivity index (χ3n) is 6.04. The molecule has 0 radical (unpaired) electrons. The lowest BCUT2D eigenvalue weighted by Crippen LogP contribution is -2.24. The molecule has 1 atom stereocenters. The molecule has 0 spiro atoms. The Morgan fingerprint density at radius 2 is 1.97 bits per heavy atom. The standard InChI is InChI=1S/C25H21N5O2/c1-15-19-12-24(29-16-10-22-21(27-13-16)4-2-8-26-22)28-14-20(19)18-7-6-17(11-23(18)32-15)30-9-3-5-25(30)31/h2,4,6-8,10-15H,3,5,9H2,1H3,(H,28,29). The number of ether oxygens (including phenoxy) is 1. The molecule has 4 aromatic rings. The molecule has 6 rings (SSSR count). The van der Waals surface area contributed by atoms with Gasteiger partial charge in [-0.1, -0.05) is 0 Å². The number of fused-ring (bicyclic) bond motifs is 4. The van der Waals surface area contributed by atoms with Crippen LogP contribution < -0.4 is 15.0 Å². The molecule has 32 heavy (non-hydrogen) atoms. The van der Waals surface area contributed by atoms with Crippen LogP contribution in [0.25, 0.3) is 22.2 Å². The number of benzene rings is 1. The van der Waals surface area contributed by atoms with Gasteiger partial charge in [-0.05, 0) is 49.7 Å². The molecule has 0 bridgehead atoms. The highest BCUT2D eigenvalue weighted by atomic mass is 16.5. The molecular weight excluding hydrogens is 402 g/mol. The number of anilines is 3. The summed E-state index contributed by atoms with van der Waals surface area (Å²) in [5, 5.41) is 3.33. The number of nitrogens with one attached hydrogen (secondary N) is 1. The molecule has 2 aliphatic heterocycles. The van der Waals surface area contributed by atoms with Gasteiger partial charge in [-0.2, -0.15) is 0 Å². The summed E-state index contributed by atoms with van der Waals surface area (Å²) in [4.78, 5) is 27.4. The Morgan fingerprint density at radius 3 is 2.84 bits per heavy atom. The molecular formula is C25H21N5O2. The van der Waals surface area contributed by atoms with Gasteiger partial charge >= 0.3 is 0 Å². The summed E-state index contributed by atoms with van der Waals surface area (Å²) in [7, 11) is 0. The molecule has 0 saturated carbocycles. The highest BCUT2D eigenvalue weighted by Gasteiger charge is 2.27. The number of carbonyl (C=O) groups is 1. The van der Waals surface area contributed by atoms with Crippen molar-refractivity contribution in [3.63, 3.8) is 0 Å². The molecule has 1 saturated heterocycles. The van der Waals surface area contributed by atoms with E-state index in [1.165, 1.54) is 0 Å².